The first-order valence-electron chi connectivity index (χ1n) is 7.07. The SMILES string of the molecule is CC(C)CC(CNC(=O)c1cc(-c2ccco2)[nH]n1)C(=O)O. The second-order valence-electron chi connectivity index (χ2n) is 5.52. The van der Waals surface area contributed by atoms with E-state index in [1.54, 1.807) is 18.2 Å². The summed E-state index contributed by atoms with van der Waals surface area (Å²) in [6.45, 7) is 3.97. The number of aromatic amines is 1. The molecule has 0 aliphatic carbocycles. The van der Waals surface area contributed by atoms with Crippen molar-refractivity contribution in [2.24, 2.45) is 11.8 Å². The molecule has 0 aromatic carbocycles. The summed E-state index contributed by atoms with van der Waals surface area (Å²) >= 11 is 0. The molecule has 0 bridgehead atoms. The maximum atomic E-state index is 12.0. The fourth-order valence-electron chi connectivity index (χ4n) is 2.14. The number of hydrogen-bond acceptors (Lipinski definition) is 4. The monoisotopic (exact) mass is 305 g/mol. The van der Waals surface area contributed by atoms with E-state index in [1.165, 1.54) is 6.26 Å². The molecule has 1 unspecified atom stereocenters. The number of carboxylic acids is 1. The molecule has 2 heterocycles. The van der Waals surface area contributed by atoms with Gasteiger partial charge >= 0.3 is 5.97 Å². The van der Waals surface area contributed by atoms with Crippen LogP contribution >= 0.6 is 0 Å². The highest BCUT2D eigenvalue weighted by Gasteiger charge is 2.21. The third kappa shape index (κ3) is 3.97. The van der Waals surface area contributed by atoms with Crippen molar-refractivity contribution in [2.75, 3.05) is 6.54 Å². The smallest absolute Gasteiger partial charge is 0.308 e. The zero-order valence-corrected chi connectivity index (χ0v) is 12.5. The first-order chi connectivity index (χ1) is 10.5. The minimum Gasteiger partial charge on any atom is -0.481 e. The number of rotatable bonds is 7. The summed E-state index contributed by atoms with van der Waals surface area (Å²) in [7, 11) is 0. The van der Waals surface area contributed by atoms with Gasteiger partial charge in [0, 0.05) is 12.6 Å². The molecule has 0 saturated carbocycles. The molecular weight excluding hydrogens is 286 g/mol. The van der Waals surface area contributed by atoms with Crippen LogP contribution in [0.2, 0.25) is 0 Å². The van der Waals surface area contributed by atoms with Gasteiger partial charge in [0.1, 0.15) is 5.69 Å². The van der Waals surface area contributed by atoms with Crippen molar-refractivity contribution in [2.45, 2.75) is 20.3 Å². The molecule has 1 atom stereocenters. The molecule has 22 heavy (non-hydrogen) atoms. The maximum absolute atomic E-state index is 12.0. The average Bonchev–Trinajstić information content (AvgIpc) is 3.11. The Hall–Kier alpha value is -2.57. The van der Waals surface area contributed by atoms with E-state index in [4.69, 9.17) is 9.52 Å². The summed E-state index contributed by atoms with van der Waals surface area (Å²) in [5.74, 6) is -1.10. The van der Waals surface area contributed by atoms with Gasteiger partial charge in [0.25, 0.3) is 5.91 Å². The van der Waals surface area contributed by atoms with Crippen molar-refractivity contribution in [3.63, 3.8) is 0 Å². The van der Waals surface area contributed by atoms with Crippen LogP contribution in [0.15, 0.2) is 28.9 Å². The third-order valence-electron chi connectivity index (χ3n) is 3.21. The molecule has 0 radical (unpaired) electrons. The Morgan fingerprint density at radius 2 is 2.23 bits per heavy atom. The number of aliphatic carboxylic acids is 1. The lowest BCUT2D eigenvalue weighted by Crippen LogP contribution is -2.33. The van der Waals surface area contributed by atoms with Crippen molar-refractivity contribution in [3.8, 4) is 11.5 Å². The van der Waals surface area contributed by atoms with Gasteiger partial charge in [0.15, 0.2) is 11.5 Å². The molecule has 2 rings (SSSR count). The molecule has 0 fully saturated rings. The van der Waals surface area contributed by atoms with Gasteiger partial charge in [0.2, 0.25) is 0 Å². The normalized spacial score (nSPS) is 12.3. The van der Waals surface area contributed by atoms with E-state index >= 15 is 0 Å². The zero-order valence-electron chi connectivity index (χ0n) is 12.5. The number of furan rings is 1. The maximum Gasteiger partial charge on any atom is 0.308 e. The van der Waals surface area contributed by atoms with Crippen molar-refractivity contribution in [1.82, 2.24) is 15.5 Å². The molecule has 3 N–H and O–H groups in total. The predicted molar refractivity (Wildman–Crippen MR) is 79.2 cm³/mol. The first-order valence-corrected chi connectivity index (χ1v) is 7.07. The van der Waals surface area contributed by atoms with Crippen LogP contribution in [0.25, 0.3) is 11.5 Å². The summed E-state index contributed by atoms with van der Waals surface area (Å²) in [6.07, 6.45) is 2.03. The highest BCUT2D eigenvalue weighted by atomic mass is 16.4. The summed E-state index contributed by atoms with van der Waals surface area (Å²) in [5.41, 5.74) is 0.784. The third-order valence-corrected chi connectivity index (χ3v) is 3.21. The first kappa shape index (κ1) is 15.8. The topological polar surface area (TPSA) is 108 Å². The van der Waals surface area contributed by atoms with Gasteiger partial charge in [-0.15, -0.1) is 0 Å². The lowest BCUT2D eigenvalue weighted by Gasteiger charge is -2.14. The number of amides is 1. The average molecular weight is 305 g/mol. The van der Waals surface area contributed by atoms with E-state index in [0.29, 0.717) is 17.9 Å². The van der Waals surface area contributed by atoms with Gasteiger partial charge in [-0.1, -0.05) is 13.8 Å². The van der Waals surface area contributed by atoms with Crippen LogP contribution in [0, 0.1) is 11.8 Å². The fourth-order valence-corrected chi connectivity index (χ4v) is 2.14. The van der Waals surface area contributed by atoms with E-state index in [0.717, 1.165) is 0 Å². The van der Waals surface area contributed by atoms with E-state index in [1.807, 2.05) is 13.8 Å². The summed E-state index contributed by atoms with van der Waals surface area (Å²) in [5, 5.41) is 18.4. The number of H-pyrrole nitrogens is 1. The molecule has 0 aliphatic rings. The van der Waals surface area contributed by atoms with Gasteiger partial charge < -0.3 is 14.8 Å². The molecule has 2 aromatic heterocycles. The molecule has 7 heteroatoms. The van der Waals surface area contributed by atoms with E-state index < -0.39 is 17.8 Å². The minimum atomic E-state index is -0.910. The molecule has 7 nitrogen and oxygen atoms in total. The van der Waals surface area contributed by atoms with Gasteiger partial charge in [-0.25, -0.2) is 0 Å². The summed E-state index contributed by atoms with van der Waals surface area (Å²) in [6, 6.07) is 5.05. The number of hydrogen-bond donors (Lipinski definition) is 3. The van der Waals surface area contributed by atoms with Crippen LogP contribution in [0.4, 0.5) is 0 Å². The van der Waals surface area contributed by atoms with Gasteiger partial charge in [-0.05, 0) is 24.5 Å². The lowest BCUT2D eigenvalue weighted by atomic mass is 9.97. The van der Waals surface area contributed by atoms with Crippen LogP contribution in [0.1, 0.15) is 30.8 Å². The Morgan fingerprint density at radius 1 is 1.45 bits per heavy atom. The molecule has 1 amide bonds. The number of nitrogens with zero attached hydrogens (tertiary/aromatic N) is 1. The lowest BCUT2D eigenvalue weighted by molar-refractivity contribution is -0.142. The Bertz CT molecular complexity index is 631. The number of carbonyl (C=O) groups is 2. The van der Waals surface area contributed by atoms with Crippen LogP contribution in [0.5, 0.6) is 0 Å². The van der Waals surface area contributed by atoms with Gasteiger partial charge in [-0.3, -0.25) is 14.7 Å². The van der Waals surface area contributed by atoms with Gasteiger partial charge in [0.05, 0.1) is 12.2 Å². The highest BCUT2D eigenvalue weighted by molar-refractivity contribution is 5.93. The largest absolute Gasteiger partial charge is 0.481 e. The standard InChI is InChI=1S/C15H19N3O4/c1-9(2)6-10(15(20)21)8-16-14(19)12-7-11(17-18-12)13-4-3-5-22-13/h3-5,7,9-10H,6,8H2,1-2H3,(H,16,19)(H,17,18)(H,20,21). The van der Waals surface area contributed by atoms with Gasteiger partial charge in [-0.2, -0.15) is 5.10 Å². The number of aromatic nitrogens is 2. The zero-order chi connectivity index (χ0) is 16.1. The molecule has 0 saturated heterocycles. The van der Waals surface area contributed by atoms with E-state index in [2.05, 4.69) is 15.5 Å². The molecule has 0 spiro atoms. The van der Waals surface area contributed by atoms with Crippen molar-refractivity contribution in [3.05, 3.63) is 30.2 Å². The Kier molecular flexibility index (Phi) is 4.98. The summed E-state index contributed by atoms with van der Waals surface area (Å²) < 4.78 is 5.21. The number of carbonyl (C=O) groups excluding carboxylic acids is 1. The fraction of sp³-hybridized carbons (Fsp3) is 0.400. The molecular formula is C15H19N3O4. The Balaban J connectivity index is 1.96. The Labute approximate surface area is 127 Å². The van der Waals surface area contributed by atoms with E-state index in [9.17, 15) is 9.59 Å². The van der Waals surface area contributed by atoms with Crippen LogP contribution in [0.3, 0.4) is 0 Å². The van der Waals surface area contributed by atoms with E-state index in [-0.39, 0.29) is 18.2 Å². The number of carboxylic acid groups (broad SMARTS) is 1. The second kappa shape index (κ2) is 6.93. The Morgan fingerprint density at radius 3 is 2.82 bits per heavy atom. The second-order valence-corrected chi connectivity index (χ2v) is 5.52. The van der Waals surface area contributed by atoms with Crippen LogP contribution in [-0.4, -0.2) is 33.7 Å². The van der Waals surface area contributed by atoms with Crippen molar-refractivity contribution >= 4 is 11.9 Å². The van der Waals surface area contributed by atoms with Crippen molar-refractivity contribution in [1.29, 1.82) is 0 Å². The van der Waals surface area contributed by atoms with Crippen LogP contribution < -0.4 is 5.32 Å². The van der Waals surface area contributed by atoms with Crippen LogP contribution in [-0.2, 0) is 4.79 Å². The number of nitrogens with one attached hydrogen (secondary N) is 2. The minimum absolute atomic E-state index is 0.0787. The summed E-state index contributed by atoms with van der Waals surface area (Å²) in [4.78, 5) is 23.2. The molecule has 2 aromatic rings. The van der Waals surface area contributed by atoms with Crippen molar-refractivity contribution < 1.29 is 19.1 Å². The molecule has 118 valence electrons. The molecule has 0 aliphatic heterocycles. The predicted octanol–water partition coefficient (Wildman–Crippen LogP) is 2.15. The highest BCUT2D eigenvalue weighted by Crippen LogP contribution is 2.18. The quantitative estimate of drug-likeness (QED) is 0.726.